The SMILES string of the molecule is C/N=C1/C(=C2/C(=O)Nc3cc(Cl)ccc32)Nc2ccccc21. The second kappa shape index (κ2) is 4.71. The third-order valence-corrected chi connectivity index (χ3v) is 4.11. The molecule has 0 saturated carbocycles. The van der Waals surface area contributed by atoms with E-state index < -0.39 is 0 Å². The molecule has 2 N–H and O–H groups in total. The summed E-state index contributed by atoms with van der Waals surface area (Å²) in [6.45, 7) is 0. The van der Waals surface area contributed by atoms with Gasteiger partial charge in [-0.3, -0.25) is 9.79 Å². The molecule has 2 aliphatic heterocycles. The number of anilines is 2. The van der Waals surface area contributed by atoms with Crippen LogP contribution in [0.5, 0.6) is 0 Å². The van der Waals surface area contributed by atoms with Crippen molar-refractivity contribution >= 4 is 40.2 Å². The van der Waals surface area contributed by atoms with Crippen LogP contribution in [0.2, 0.25) is 5.02 Å². The summed E-state index contributed by atoms with van der Waals surface area (Å²) >= 11 is 6.00. The molecule has 0 saturated heterocycles. The third kappa shape index (κ3) is 1.77. The number of hydrogen-bond donors (Lipinski definition) is 2. The maximum Gasteiger partial charge on any atom is 0.258 e. The summed E-state index contributed by atoms with van der Waals surface area (Å²) < 4.78 is 0. The topological polar surface area (TPSA) is 53.5 Å². The molecule has 1 amide bonds. The first kappa shape index (κ1) is 13.1. The summed E-state index contributed by atoms with van der Waals surface area (Å²) in [5, 5.41) is 6.77. The maximum atomic E-state index is 12.4. The highest BCUT2D eigenvalue weighted by atomic mass is 35.5. The van der Waals surface area contributed by atoms with Crippen molar-refractivity contribution in [2.45, 2.75) is 0 Å². The number of nitrogens with one attached hydrogen (secondary N) is 2. The fourth-order valence-corrected chi connectivity index (χ4v) is 3.11. The van der Waals surface area contributed by atoms with Crippen LogP contribution >= 0.6 is 11.6 Å². The van der Waals surface area contributed by atoms with E-state index in [1.54, 1.807) is 19.2 Å². The fraction of sp³-hybridized carbons (Fsp3) is 0.0588. The molecule has 2 aliphatic rings. The Morgan fingerprint density at radius 1 is 1.00 bits per heavy atom. The molecule has 0 spiro atoms. The molecule has 108 valence electrons. The van der Waals surface area contributed by atoms with E-state index in [0.29, 0.717) is 10.6 Å². The van der Waals surface area contributed by atoms with Crippen LogP contribution in [0.4, 0.5) is 11.4 Å². The van der Waals surface area contributed by atoms with Crippen LogP contribution in [-0.2, 0) is 4.79 Å². The quantitative estimate of drug-likeness (QED) is 0.731. The number of amides is 1. The molecular weight excluding hydrogens is 298 g/mol. The number of fused-ring (bicyclic) bond motifs is 2. The molecule has 0 radical (unpaired) electrons. The minimum atomic E-state index is -0.145. The minimum absolute atomic E-state index is 0.145. The molecule has 4 rings (SSSR count). The molecule has 0 aromatic heterocycles. The van der Waals surface area contributed by atoms with Gasteiger partial charge in [-0.1, -0.05) is 35.9 Å². The molecule has 2 heterocycles. The number of carbonyl (C=O) groups is 1. The molecule has 2 aromatic carbocycles. The number of allylic oxidation sites excluding steroid dienone is 1. The van der Waals surface area contributed by atoms with E-state index in [4.69, 9.17) is 11.6 Å². The first-order valence-corrected chi connectivity index (χ1v) is 7.26. The van der Waals surface area contributed by atoms with Crippen molar-refractivity contribution in [3.63, 3.8) is 0 Å². The molecule has 5 heteroatoms. The Labute approximate surface area is 132 Å². The first-order chi connectivity index (χ1) is 10.7. The van der Waals surface area contributed by atoms with Crippen molar-refractivity contribution in [1.82, 2.24) is 0 Å². The minimum Gasteiger partial charge on any atom is -0.353 e. The molecule has 0 bridgehead atoms. The van der Waals surface area contributed by atoms with Gasteiger partial charge in [-0.05, 0) is 18.2 Å². The van der Waals surface area contributed by atoms with Crippen LogP contribution in [0, 0.1) is 0 Å². The van der Waals surface area contributed by atoms with E-state index in [9.17, 15) is 4.79 Å². The molecule has 0 fully saturated rings. The maximum absolute atomic E-state index is 12.4. The number of rotatable bonds is 0. The van der Waals surface area contributed by atoms with Gasteiger partial charge < -0.3 is 10.6 Å². The van der Waals surface area contributed by atoms with E-state index in [1.807, 2.05) is 30.3 Å². The van der Waals surface area contributed by atoms with Gasteiger partial charge in [-0.25, -0.2) is 0 Å². The average Bonchev–Trinajstić information content (AvgIpc) is 3.02. The van der Waals surface area contributed by atoms with Crippen LogP contribution in [-0.4, -0.2) is 18.7 Å². The lowest BCUT2D eigenvalue weighted by Gasteiger charge is -2.05. The number of nitrogens with zero attached hydrogens (tertiary/aromatic N) is 1. The first-order valence-electron chi connectivity index (χ1n) is 6.88. The zero-order valence-electron chi connectivity index (χ0n) is 11.8. The van der Waals surface area contributed by atoms with E-state index in [-0.39, 0.29) is 5.91 Å². The van der Waals surface area contributed by atoms with E-state index in [2.05, 4.69) is 15.6 Å². The lowest BCUT2D eigenvalue weighted by atomic mass is 10.0. The second-order valence-corrected chi connectivity index (χ2v) is 5.57. The Balaban J connectivity index is 1.96. The largest absolute Gasteiger partial charge is 0.353 e. The Kier molecular flexibility index (Phi) is 2.81. The predicted octanol–water partition coefficient (Wildman–Crippen LogP) is 3.55. The highest BCUT2D eigenvalue weighted by Crippen LogP contribution is 2.39. The number of aliphatic imine (C=N–C) groups is 1. The molecule has 0 atom stereocenters. The Bertz CT molecular complexity index is 883. The van der Waals surface area contributed by atoms with Crippen molar-refractivity contribution in [2.75, 3.05) is 17.7 Å². The van der Waals surface area contributed by atoms with E-state index >= 15 is 0 Å². The van der Waals surface area contributed by atoms with Gasteiger partial charge in [0.1, 0.15) is 0 Å². The highest BCUT2D eigenvalue weighted by Gasteiger charge is 2.33. The predicted molar refractivity (Wildman–Crippen MR) is 89.5 cm³/mol. The van der Waals surface area contributed by atoms with Crippen molar-refractivity contribution in [3.05, 3.63) is 64.3 Å². The van der Waals surface area contributed by atoms with Gasteiger partial charge in [0.25, 0.3) is 5.91 Å². The van der Waals surface area contributed by atoms with Crippen LogP contribution in [0.15, 0.2) is 53.2 Å². The van der Waals surface area contributed by atoms with Crippen molar-refractivity contribution in [2.24, 2.45) is 4.99 Å². The number of carbonyl (C=O) groups excluding carboxylic acids is 1. The standard InChI is InChI=1S/C17H12ClN3O/c1-19-15-11-4-2-3-5-12(11)20-16(15)14-10-7-6-9(18)8-13(10)21-17(14)22/h2-8,20H,1H3,(H,21,22)/b16-14-,19-15+. The van der Waals surface area contributed by atoms with Crippen molar-refractivity contribution in [3.8, 4) is 0 Å². The molecule has 0 aliphatic carbocycles. The Hall–Kier alpha value is -2.59. The monoisotopic (exact) mass is 309 g/mol. The van der Waals surface area contributed by atoms with Gasteiger partial charge in [0, 0.05) is 28.9 Å². The third-order valence-electron chi connectivity index (χ3n) is 3.88. The van der Waals surface area contributed by atoms with Gasteiger partial charge in [-0.2, -0.15) is 0 Å². The van der Waals surface area contributed by atoms with Gasteiger partial charge in [0.05, 0.1) is 22.7 Å². The molecule has 2 aromatic rings. The van der Waals surface area contributed by atoms with Crippen LogP contribution in [0.25, 0.3) is 5.57 Å². The zero-order valence-corrected chi connectivity index (χ0v) is 12.5. The summed E-state index contributed by atoms with van der Waals surface area (Å²) in [6.07, 6.45) is 0. The summed E-state index contributed by atoms with van der Waals surface area (Å²) in [5.74, 6) is -0.145. The lowest BCUT2D eigenvalue weighted by Crippen LogP contribution is -2.12. The normalized spacial score (nSPS) is 20.6. The summed E-state index contributed by atoms with van der Waals surface area (Å²) in [7, 11) is 1.73. The fourth-order valence-electron chi connectivity index (χ4n) is 2.93. The average molecular weight is 310 g/mol. The smallest absolute Gasteiger partial charge is 0.258 e. The second-order valence-electron chi connectivity index (χ2n) is 5.14. The summed E-state index contributed by atoms with van der Waals surface area (Å²) in [5.41, 5.74) is 5.66. The summed E-state index contributed by atoms with van der Waals surface area (Å²) in [4.78, 5) is 16.8. The number of halogens is 1. The van der Waals surface area contributed by atoms with E-state index in [0.717, 1.165) is 33.9 Å². The van der Waals surface area contributed by atoms with Gasteiger partial charge in [0.2, 0.25) is 0 Å². The van der Waals surface area contributed by atoms with E-state index in [1.165, 1.54) is 0 Å². The van der Waals surface area contributed by atoms with Crippen molar-refractivity contribution in [1.29, 1.82) is 0 Å². The number of para-hydroxylation sites is 1. The van der Waals surface area contributed by atoms with Crippen LogP contribution in [0.1, 0.15) is 11.1 Å². The molecule has 4 nitrogen and oxygen atoms in total. The van der Waals surface area contributed by atoms with Crippen LogP contribution in [0.3, 0.4) is 0 Å². The summed E-state index contributed by atoms with van der Waals surface area (Å²) in [6, 6.07) is 13.3. The lowest BCUT2D eigenvalue weighted by molar-refractivity contribution is -0.110. The van der Waals surface area contributed by atoms with Gasteiger partial charge in [0.15, 0.2) is 0 Å². The highest BCUT2D eigenvalue weighted by molar-refractivity contribution is 6.40. The zero-order chi connectivity index (χ0) is 15.3. The molecular formula is C17H12ClN3O. The van der Waals surface area contributed by atoms with Crippen molar-refractivity contribution < 1.29 is 4.79 Å². The number of benzene rings is 2. The number of hydrogen-bond acceptors (Lipinski definition) is 3. The Morgan fingerprint density at radius 3 is 2.64 bits per heavy atom. The van der Waals surface area contributed by atoms with Gasteiger partial charge >= 0.3 is 0 Å². The molecule has 22 heavy (non-hydrogen) atoms. The van der Waals surface area contributed by atoms with Gasteiger partial charge in [-0.15, -0.1) is 0 Å². The Morgan fingerprint density at radius 2 is 1.82 bits per heavy atom. The molecule has 0 unspecified atom stereocenters. The van der Waals surface area contributed by atoms with Crippen LogP contribution < -0.4 is 10.6 Å².